The summed E-state index contributed by atoms with van der Waals surface area (Å²) >= 11 is 0. The molecule has 0 amide bonds. The molecule has 9 heteroatoms. The zero-order chi connectivity index (χ0) is 15.4. The van der Waals surface area contributed by atoms with Gasteiger partial charge in [0.15, 0.2) is 5.69 Å². The molecule has 2 heterocycles. The Morgan fingerprint density at radius 1 is 1.48 bits per heavy atom. The summed E-state index contributed by atoms with van der Waals surface area (Å²) in [5.41, 5.74) is 6.37. The van der Waals surface area contributed by atoms with E-state index in [9.17, 15) is 4.79 Å². The van der Waals surface area contributed by atoms with Crippen molar-refractivity contribution in [3.8, 4) is 0 Å². The molecule has 0 bridgehead atoms. The summed E-state index contributed by atoms with van der Waals surface area (Å²) in [7, 11) is 0. The minimum atomic E-state index is -0.519. The van der Waals surface area contributed by atoms with E-state index in [1.807, 2.05) is 13.8 Å². The van der Waals surface area contributed by atoms with Gasteiger partial charge < -0.3 is 10.5 Å². The molecule has 0 aliphatic heterocycles. The fourth-order valence-electron chi connectivity index (χ4n) is 1.97. The Hall–Kier alpha value is -2.29. The van der Waals surface area contributed by atoms with E-state index < -0.39 is 5.97 Å². The van der Waals surface area contributed by atoms with Gasteiger partial charge in [0.05, 0.1) is 12.3 Å². The van der Waals surface area contributed by atoms with Crippen molar-refractivity contribution < 1.29 is 9.53 Å². The van der Waals surface area contributed by atoms with E-state index in [4.69, 9.17) is 10.5 Å². The molecule has 0 unspecified atom stereocenters. The van der Waals surface area contributed by atoms with Crippen molar-refractivity contribution in [3.05, 3.63) is 23.5 Å². The van der Waals surface area contributed by atoms with E-state index in [0.29, 0.717) is 12.2 Å². The topological polar surface area (TPSA) is 114 Å². The van der Waals surface area contributed by atoms with E-state index in [0.717, 1.165) is 5.82 Å². The standard InChI is InChI=1S/C12H19N7O2/c1-4-21-12(20)11-9(5-13)18(17-16-11)6-10-14-7-15-19(10)8(2)3/h7-8H,4-6,13H2,1-3H3. The second-order valence-corrected chi connectivity index (χ2v) is 4.68. The second kappa shape index (κ2) is 6.44. The zero-order valence-corrected chi connectivity index (χ0v) is 12.4. The summed E-state index contributed by atoms with van der Waals surface area (Å²) in [6.07, 6.45) is 1.49. The van der Waals surface area contributed by atoms with Crippen LogP contribution in [0, 0.1) is 0 Å². The first-order valence-electron chi connectivity index (χ1n) is 6.76. The molecular weight excluding hydrogens is 274 g/mol. The molecule has 21 heavy (non-hydrogen) atoms. The predicted molar refractivity (Wildman–Crippen MR) is 73.4 cm³/mol. The number of carbonyl (C=O) groups excluding carboxylic acids is 1. The third-order valence-electron chi connectivity index (χ3n) is 2.93. The van der Waals surface area contributed by atoms with Gasteiger partial charge in [-0.25, -0.2) is 19.1 Å². The van der Waals surface area contributed by atoms with E-state index in [-0.39, 0.29) is 24.9 Å². The van der Waals surface area contributed by atoms with Gasteiger partial charge in [-0.3, -0.25) is 0 Å². The lowest BCUT2D eigenvalue weighted by molar-refractivity contribution is 0.0518. The summed E-state index contributed by atoms with van der Waals surface area (Å²) < 4.78 is 8.27. The molecule has 0 atom stereocenters. The number of ether oxygens (including phenoxy) is 1. The maximum Gasteiger partial charge on any atom is 0.360 e. The fourth-order valence-corrected chi connectivity index (χ4v) is 1.97. The van der Waals surface area contributed by atoms with E-state index in [2.05, 4.69) is 20.4 Å². The smallest absolute Gasteiger partial charge is 0.360 e. The molecule has 2 N–H and O–H groups in total. The van der Waals surface area contributed by atoms with Crippen molar-refractivity contribution in [3.63, 3.8) is 0 Å². The molecule has 9 nitrogen and oxygen atoms in total. The summed E-state index contributed by atoms with van der Waals surface area (Å²) in [6, 6.07) is 0.178. The molecule has 2 rings (SSSR count). The maximum absolute atomic E-state index is 11.8. The Balaban J connectivity index is 2.28. The first-order valence-corrected chi connectivity index (χ1v) is 6.76. The number of nitrogens with zero attached hydrogens (tertiary/aromatic N) is 6. The molecule has 0 radical (unpaired) electrons. The second-order valence-electron chi connectivity index (χ2n) is 4.68. The van der Waals surface area contributed by atoms with Crippen LogP contribution < -0.4 is 5.73 Å². The Labute approximate surface area is 122 Å². The first-order chi connectivity index (χ1) is 10.1. The lowest BCUT2D eigenvalue weighted by Gasteiger charge is -2.10. The summed E-state index contributed by atoms with van der Waals surface area (Å²) in [4.78, 5) is 16.0. The van der Waals surface area contributed by atoms with Crippen molar-refractivity contribution in [2.75, 3.05) is 6.61 Å². The van der Waals surface area contributed by atoms with Crippen LogP contribution in [0.3, 0.4) is 0 Å². The number of hydrogen-bond donors (Lipinski definition) is 1. The highest BCUT2D eigenvalue weighted by Crippen LogP contribution is 2.11. The Morgan fingerprint density at radius 2 is 2.24 bits per heavy atom. The predicted octanol–water partition coefficient (Wildman–Crippen LogP) is 0.134. The quantitative estimate of drug-likeness (QED) is 0.753. The molecule has 2 aromatic rings. The lowest BCUT2D eigenvalue weighted by Crippen LogP contribution is -2.17. The van der Waals surface area contributed by atoms with E-state index in [1.54, 1.807) is 16.3 Å². The lowest BCUT2D eigenvalue weighted by atomic mass is 10.3. The Bertz CT molecular complexity index is 617. The van der Waals surface area contributed by atoms with Crippen molar-refractivity contribution in [1.29, 1.82) is 0 Å². The molecule has 114 valence electrons. The molecule has 2 aromatic heterocycles. The van der Waals surface area contributed by atoms with Gasteiger partial charge >= 0.3 is 5.97 Å². The Kier molecular flexibility index (Phi) is 4.63. The average molecular weight is 293 g/mol. The number of aromatic nitrogens is 6. The molecule has 0 aliphatic rings. The van der Waals surface area contributed by atoms with Crippen molar-refractivity contribution in [1.82, 2.24) is 29.8 Å². The van der Waals surface area contributed by atoms with Crippen LogP contribution >= 0.6 is 0 Å². The molecular formula is C12H19N7O2. The monoisotopic (exact) mass is 293 g/mol. The van der Waals surface area contributed by atoms with Gasteiger partial charge in [-0.2, -0.15) is 5.10 Å². The van der Waals surface area contributed by atoms with Gasteiger partial charge in [0.2, 0.25) is 0 Å². The van der Waals surface area contributed by atoms with Crippen LogP contribution in [0.4, 0.5) is 0 Å². The number of rotatable bonds is 6. The molecule has 0 aliphatic carbocycles. The van der Waals surface area contributed by atoms with Crippen molar-refractivity contribution >= 4 is 5.97 Å². The van der Waals surface area contributed by atoms with Gasteiger partial charge in [-0.15, -0.1) is 5.10 Å². The van der Waals surface area contributed by atoms with Crippen LogP contribution in [0.25, 0.3) is 0 Å². The van der Waals surface area contributed by atoms with Crippen molar-refractivity contribution in [2.45, 2.75) is 39.9 Å². The zero-order valence-electron chi connectivity index (χ0n) is 12.4. The minimum absolute atomic E-state index is 0.136. The third kappa shape index (κ3) is 3.07. The van der Waals surface area contributed by atoms with Crippen LogP contribution in [-0.2, 0) is 17.8 Å². The van der Waals surface area contributed by atoms with Gasteiger partial charge in [0, 0.05) is 12.6 Å². The van der Waals surface area contributed by atoms with Gasteiger partial charge in [-0.05, 0) is 20.8 Å². The molecule has 0 fully saturated rings. The molecule has 0 spiro atoms. The van der Waals surface area contributed by atoms with Crippen LogP contribution in [0.15, 0.2) is 6.33 Å². The normalized spacial score (nSPS) is 11.1. The SMILES string of the molecule is CCOC(=O)c1nnn(Cc2ncnn2C(C)C)c1CN. The molecule has 0 saturated heterocycles. The number of nitrogens with two attached hydrogens (primary N) is 1. The highest BCUT2D eigenvalue weighted by atomic mass is 16.5. The van der Waals surface area contributed by atoms with Crippen LogP contribution in [-0.4, -0.2) is 42.3 Å². The van der Waals surface area contributed by atoms with Crippen LogP contribution in [0.2, 0.25) is 0 Å². The summed E-state index contributed by atoms with van der Waals surface area (Å²) in [5.74, 6) is 0.203. The number of esters is 1. The number of carbonyl (C=O) groups is 1. The largest absolute Gasteiger partial charge is 0.461 e. The fraction of sp³-hybridized carbons (Fsp3) is 0.583. The number of hydrogen-bond acceptors (Lipinski definition) is 7. The van der Waals surface area contributed by atoms with E-state index in [1.165, 1.54) is 6.33 Å². The highest BCUT2D eigenvalue weighted by Gasteiger charge is 2.21. The molecule has 0 saturated carbocycles. The molecule has 0 aromatic carbocycles. The summed E-state index contributed by atoms with van der Waals surface area (Å²) in [5, 5.41) is 12.0. The van der Waals surface area contributed by atoms with Gasteiger partial charge in [-0.1, -0.05) is 5.21 Å². The Morgan fingerprint density at radius 3 is 2.86 bits per heavy atom. The minimum Gasteiger partial charge on any atom is -0.461 e. The first kappa shape index (κ1) is 15.1. The summed E-state index contributed by atoms with van der Waals surface area (Å²) in [6.45, 7) is 6.50. The van der Waals surface area contributed by atoms with Gasteiger partial charge in [0.1, 0.15) is 18.7 Å². The average Bonchev–Trinajstić information content (AvgIpc) is 3.05. The third-order valence-corrected chi connectivity index (χ3v) is 2.93. The van der Waals surface area contributed by atoms with Gasteiger partial charge in [0.25, 0.3) is 0 Å². The van der Waals surface area contributed by atoms with Crippen molar-refractivity contribution in [2.24, 2.45) is 5.73 Å². The van der Waals surface area contributed by atoms with Crippen LogP contribution in [0.5, 0.6) is 0 Å². The van der Waals surface area contributed by atoms with E-state index >= 15 is 0 Å². The maximum atomic E-state index is 11.8. The van der Waals surface area contributed by atoms with Crippen LogP contribution in [0.1, 0.15) is 48.8 Å². The highest BCUT2D eigenvalue weighted by molar-refractivity contribution is 5.88.